The lowest BCUT2D eigenvalue weighted by Crippen LogP contribution is -2.40. The molecule has 0 bridgehead atoms. The minimum atomic E-state index is -3.50. The number of sulfonamides is 1. The van der Waals surface area contributed by atoms with Crippen LogP contribution in [-0.2, 0) is 23.6 Å². The van der Waals surface area contributed by atoms with Crippen molar-refractivity contribution in [1.82, 2.24) is 18.4 Å². The summed E-state index contributed by atoms with van der Waals surface area (Å²) in [6.07, 6.45) is 3.14. The van der Waals surface area contributed by atoms with Gasteiger partial charge in [0.25, 0.3) is 0 Å². The second kappa shape index (κ2) is 7.42. The average molecular weight is 415 g/mol. The molecule has 1 fully saturated rings. The number of nitrogens with zero attached hydrogens (tertiary/aromatic N) is 4. The highest BCUT2D eigenvalue weighted by Crippen LogP contribution is 2.27. The highest BCUT2D eigenvalue weighted by molar-refractivity contribution is 7.89. The third-order valence-electron chi connectivity index (χ3n) is 5.88. The molecular weight excluding hydrogens is 388 g/mol. The highest BCUT2D eigenvalue weighted by atomic mass is 32.2. The van der Waals surface area contributed by atoms with Crippen molar-refractivity contribution in [2.24, 2.45) is 13.0 Å². The van der Waals surface area contributed by atoms with Gasteiger partial charge < -0.3 is 0 Å². The number of fused-ring (bicyclic) bond motifs is 1. The van der Waals surface area contributed by atoms with Crippen molar-refractivity contribution in [3.8, 4) is 0 Å². The van der Waals surface area contributed by atoms with Crippen LogP contribution in [0.15, 0.2) is 46.2 Å². The van der Waals surface area contributed by atoms with Gasteiger partial charge in [0.2, 0.25) is 10.0 Å². The first-order chi connectivity index (χ1) is 13.8. The standard InChI is InChI=1S/C21H26N4O3S/c1-15-6-7-16(2)19(13-15)29(27,28)24-11-8-17(9-12-24)14-25-20-18(5-4-10-22-20)23(3)21(25)26/h4-7,10,13,17H,8-9,11-12,14H2,1-3H3. The second-order valence-electron chi connectivity index (χ2n) is 7.91. The zero-order valence-corrected chi connectivity index (χ0v) is 17.8. The van der Waals surface area contributed by atoms with Crippen LogP contribution in [0.3, 0.4) is 0 Å². The van der Waals surface area contributed by atoms with Crippen LogP contribution in [0.4, 0.5) is 0 Å². The monoisotopic (exact) mass is 414 g/mol. The Labute approximate surface area is 170 Å². The summed E-state index contributed by atoms with van der Waals surface area (Å²) >= 11 is 0. The predicted octanol–water partition coefficient (Wildman–Crippen LogP) is 2.45. The van der Waals surface area contributed by atoms with Crippen LogP contribution in [0.5, 0.6) is 0 Å². The van der Waals surface area contributed by atoms with Crippen molar-refractivity contribution in [3.63, 3.8) is 0 Å². The molecule has 0 aliphatic carbocycles. The summed E-state index contributed by atoms with van der Waals surface area (Å²) in [7, 11) is -1.75. The maximum absolute atomic E-state index is 13.1. The predicted molar refractivity (Wildman–Crippen MR) is 112 cm³/mol. The molecule has 0 spiro atoms. The fraction of sp³-hybridized carbons (Fsp3) is 0.429. The van der Waals surface area contributed by atoms with E-state index in [1.807, 2.05) is 38.1 Å². The zero-order valence-electron chi connectivity index (χ0n) is 17.0. The lowest BCUT2D eigenvalue weighted by molar-refractivity contribution is 0.252. The van der Waals surface area contributed by atoms with Crippen molar-refractivity contribution in [3.05, 3.63) is 58.1 Å². The Bertz CT molecular complexity index is 1220. The van der Waals surface area contributed by atoms with E-state index in [-0.39, 0.29) is 11.6 Å². The van der Waals surface area contributed by atoms with E-state index in [0.29, 0.717) is 30.2 Å². The van der Waals surface area contributed by atoms with E-state index in [9.17, 15) is 13.2 Å². The summed E-state index contributed by atoms with van der Waals surface area (Å²) in [6.45, 7) is 5.23. The molecule has 29 heavy (non-hydrogen) atoms. The minimum Gasteiger partial charge on any atom is -0.293 e. The molecule has 8 heteroatoms. The molecule has 1 aliphatic rings. The Morgan fingerprint density at radius 2 is 1.86 bits per heavy atom. The third kappa shape index (κ3) is 3.51. The summed E-state index contributed by atoms with van der Waals surface area (Å²) in [4.78, 5) is 17.4. The van der Waals surface area contributed by atoms with Gasteiger partial charge in [-0.15, -0.1) is 0 Å². The van der Waals surface area contributed by atoms with Crippen molar-refractivity contribution in [2.75, 3.05) is 13.1 Å². The van der Waals surface area contributed by atoms with E-state index < -0.39 is 10.0 Å². The van der Waals surface area contributed by atoms with Gasteiger partial charge in [-0.3, -0.25) is 9.13 Å². The Balaban J connectivity index is 1.51. The van der Waals surface area contributed by atoms with Crippen LogP contribution < -0.4 is 5.69 Å². The molecule has 0 amide bonds. The van der Waals surface area contributed by atoms with E-state index >= 15 is 0 Å². The first-order valence-electron chi connectivity index (χ1n) is 9.86. The molecule has 2 aromatic heterocycles. The summed E-state index contributed by atoms with van der Waals surface area (Å²) in [5, 5.41) is 0. The van der Waals surface area contributed by atoms with E-state index in [1.54, 1.807) is 32.8 Å². The number of rotatable bonds is 4. The van der Waals surface area contributed by atoms with Crippen molar-refractivity contribution >= 4 is 21.2 Å². The number of aryl methyl sites for hydroxylation is 3. The Morgan fingerprint density at radius 1 is 1.14 bits per heavy atom. The van der Waals surface area contributed by atoms with Crippen LogP contribution in [0.1, 0.15) is 24.0 Å². The summed E-state index contributed by atoms with van der Waals surface area (Å²) < 4.78 is 31.1. The van der Waals surface area contributed by atoms with E-state index in [0.717, 1.165) is 29.5 Å². The molecule has 3 heterocycles. The molecule has 0 N–H and O–H groups in total. The van der Waals surface area contributed by atoms with Gasteiger partial charge in [0, 0.05) is 32.9 Å². The number of benzene rings is 1. The van der Waals surface area contributed by atoms with Gasteiger partial charge in [0.15, 0.2) is 5.65 Å². The maximum atomic E-state index is 13.1. The van der Waals surface area contributed by atoms with Crippen LogP contribution in [0.2, 0.25) is 0 Å². The second-order valence-corrected chi connectivity index (χ2v) is 9.82. The van der Waals surface area contributed by atoms with Crippen LogP contribution >= 0.6 is 0 Å². The summed E-state index contributed by atoms with van der Waals surface area (Å²) in [5.41, 5.74) is 3.13. The molecule has 4 rings (SSSR count). The van der Waals surface area contributed by atoms with E-state index in [2.05, 4.69) is 4.98 Å². The van der Waals surface area contributed by atoms with Crippen molar-refractivity contribution in [2.45, 2.75) is 38.1 Å². The number of imidazole rings is 1. The van der Waals surface area contributed by atoms with Gasteiger partial charge in [-0.2, -0.15) is 4.31 Å². The quantitative estimate of drug-likeness (QED) is 0.657. The average Bonchev–Trinajstić information content (AvgIpc) is 2.95. The largest absolute Gasteiger partial charge is 0.330 e. The molecule has 0 atom stereocenters. The van der Waals surface area contributed by atoms with Gasteiger partial charge in [-0.1, -0.05) is 12.1 Å². The summed E-state index contributed by atoms with van der Waals surface area (Å²) in [6, 6.07) is 9.24. The first kappa shape index (κ1) is 19.8. The fourth-order valence-electron chi connectivity index (χ4n) is 4.11. The molecule has 1 aliphatic heterocycles. The topological polar surface area (TPSA) is 77.2 Å². The van der Waals surface area contributed by atoms with Crippen LogP contribution in [0.25, 0.3) is 11.2 Å². The highest BCUT2D eigenvalue weighted by Gasteiger charge is 2.31. The number of pyridine rings is 1. The van der Waals surface area contributed by atoms with Gasteiger partial charge in [-0.25, -0.2) is 18.2 Å². The number of hydrogen-bond donors (Lipinski definition) is 0. The molecule has 0 unspecified atom stereocenters. The maximum Gasteiger partial charge on any atom is 0.330 e. The molecule has 0 saturated carbocycles. The molecule has 0 radical (unpaired) electrons. The Morgan fingerprint density at radius 3 is 2.59 bits per heavy atom. The third-order valence-corrected chi connectivity index (χ3v) is 7.92. The molecule has 154 valence electrons. The van der Waals surface area contributed by atoms with Gasteiger partial charge >= 0.3 is 5.69 Å². The molecule has 7 nitrogen and oxygen atoms in total. The molecular formula is C21H26N4O3S. The van der Waals surface area contributed by atoms with Gasteiger partial charge in [-0.05, 0) is 61.9 Å². The Hall–Kier alpha value is -2.45. The van der Waals surface area contributed by atoms with Crippen LogP contribution in [0, 0.1) is 19.8 Å². The smallest absolute Gasteiger partial charge is 0.293 e. The zero-order chi connectivity index (χ0) is 20.8. The molecule has 3 aromatic rings. The lowest BCUT2D eigenvalue weighted by atomic mass is 9.98. The Kier molecular flexibility index (Phi) is 5.08. The van der Waals surface area contributed by atoms with E-state index in [1.165, 1.54) is 0 Å². The normalized spacial score (nSPS) is 16.5. The first-order valence-corrected chi connectivity index (χ1v) is 11.3. The number of aromatic nitrogens is 3. The van der Waals surface area contributed by atoms with Crippen molar-refractivity contribution < 1.29 is 8.42 Å². The van der Waals surface area contributed by atoms with Crippen molar-refractivity contribution in [1.29, 1.82) is 0 Å². The number of piperidine rings is 1. The molecule has 1 saturated heterocycles. The van der Waals surface area contributed by atoms with Gasteiger partial charge in [0.05, 0.1) is 10.4 Å². The van der Waals surface area contributed by atoms with Gasteiger partial charge in [0.1, 0.15) is 0 Å². The van der Waals surface area contributed by atoms with Crippen LogP contribution in [-0.4, -0.2) is 39.9 Å². The lowest BCUT2D eigenvalue weighted by Gasteiger charge is -2.31. The molecule has 1 aromatic carbocycles. The number of hydrogen-bond acceptors (Lipinski definition) is 4. The van der Waals surface area contributed by atoms with E-state index in [4.69, 9.17) is 0 Å². The minimum absolute atomic E-state index is 0.0795. The summed E-state index contributed by atoms with van der Waals surface area (Å²) in [5.74, 6) is 0.241. The SMILES string of the molecule is Cc1ccc(C)c(S(=O)(=O)N2CCC(Cn3c(=O)n(C)c4cccnc43)CC2)c1. The fourth-order valence-corrected chi connectivity index (χ4v) is 5.89.